The van der Waals surface area contributed by atoms with Crippen molar-refractivity contribution in [2.24, 2.45) is 0 Å². The number of rotatable bonds is 3. The molecule has 0 bridgehead atoms. The number of hydrogen-bond donors (Lipinski definition) is 0. The molecule has 3 rings (SSSR count). The van der Waals surface area contributed by atoms with E-state index in [9.17, 15) is 13.2 Å². The minimum atomic E-state index is -2.21. The Bertz CT molecular complexity index is 800. The average Bonchev–Trinajstić information content (AvgIpc) is 2.62. The van der Waals surface area contributed by atoms with Crippen LogP contribution in [0.4, 0.5) is 13.2 Å². The summed E-state index contributed by atoms with van der Waals surface area (Å²) in [5.41, 5.74) is -2.21. The molecule has 27 heavy (non-hydrogen) atoms. The standard InChI is InChI=1S/C18H12F3PSe.AsBr3/c19-13-1-7-16(8-2-13)22(23,17-9-3-14(20)4-10-17)18-11-5-15(21)6-12-18;2-1(3)4/h1-12H;. The van der Waals surface area contributed by atoms with E-state index in [1.807, 2.05) is 0 Å². The molecule has 0 fully saturated rings. The summed E-state index contributed by atoms with van der Waals surface area (Å²) in [4.78, 5) is 0. The summed E-state index contributed by atoms with van der Waals surface area (Å²) in [7, 11) is -0.750. The van der Waals surface area contributed by atoms with E-state index >= 15 is 0 Å². The SMILES string of the molecule is Br[As](Br)Br.Fc1ccc(P(=[Se])(c2ccc(F)cc2)c2ccc(F)cc2)cc1. The summed E-state index contributed by atoms with van der Waals surface area (Å²) in [5, 5.41) is 2.70. The van der Waals surface area contributed by atoms with Gasteiger partial charge in [0.05, 0.1) is 0 Å². The van der Waals surface area contributed by atoms with Crippen LogP contribution < -0.4 is 15.9 Å². The van der Waals surface area contributed by atoms with E-state index in [-0.39, 0.29) is 17.5 Å². The Kier molecular flexibility index (Phi) is 9.62. The molecule has 0 nitrogen and oxygen atoms in total. The van der Waals surface area contributed by atoms with Gasteiger partial charge in [0, 0.05) is 0 Å². The van der Waals surface area contributed by atoms with Gasteiger partial charge in [0.2, 0.25) is 0 Å². The van der Waals surface area contributed by atoms with Gasteiger partial charge in [0.25, 0.3) is 0 Å². The third-order valence-corrected chi connectivity index (χ3v) is 10.6. The maximum atomic E-state index is 13.3. The first kappa shape index (κ1) is 23.7. The molecule has 0 aromatic heterocycles. The van der Waals surface area contributed by atoms with Crippen molar-refractivity contribution in [1.82, 2.24) is 0 Å². The van der Waals surface area contributed by atoms with Gasteiger partial charge in [-0.25, -0.2) is 0 Å². The van der Waals surface area contributed by atoms with E-state index in [2.05, 4.69) is 56.9 Å². The molecular formula is C18H12AsBr3F3PSe. The fraction of sp³-hybridized carbons (Fsp3) is 0. The Labute approximate surface area is 189 Å². The first-order chi connectivity index (χ1) is 12.7. The van der Waals surface area contributed by atoms with Gasteiger partial charge in [0.15, 0.2) is 0 Å². The monoisotopic (exact) mass is 708 g/mol. The van der Waals surface area contributed by atoms with Crippen LogP contribution in [0.3, 0.4) is 0 Å². The molecule has 0 aliphatic carbocycles. The molecule has 0 saturated heterocycles. The topological polar surface area (TPSA) is 0 Å². The third-order valence-electron chi connectivity index (χ3n) is 3.57. The zero-order valence-corrected chi connectivity index (χ0v) is 22.7. The van der Waals surface area contributed by atoms with E-state index < -0.39 is 14.6 Å². The summed E-state index contributed by atoms with van der Waals surface area (Å²) >= 11 is 13.0. The minimum absolute atomic E-state index is 0.321. The Balaban J connectivity index is 0.000000596. The van der Waals surface area contributed by atoms with Crippen LogP contribution in [-0.4, -0.2) is 24.2 Å². The van der Waals surface area contributed by atoms with Crippen molar-refractivity contribution < 1.29 is 13.2 Å². The maximum absolute atomic E-state index is 13.3. The first-order valence-corrected chi connectivity index (χ1v) is 24.6. The molecule has 3 aromatic carbocycles. The van der Waals surface area contributed by atoms with E-state index in [1.165, 1.54) is 36.4 Å². The summed E-state index contributed by atoms with van der Waals surface area (Å²) in [6, 6.07) is 18.7. The number of benzene rings is 3. The van der Waals surface area contributed by atoms with Gasteiger partial charge in [-0.05, 0) is 0 Å². The van der Waals surface area contributed by atoms with Crippen LogP contribution in [-0.2, 0) is 0 Å². The van der Waals surface area contributed by atoms with E-state index in [4.69, 9.17) is 0 Å². The van der Waals surface area contributed by atoms with Crippen LogP contribution in [0.1, 0.15) is 0 Å². The zero-order valence-electron chi connectivity index (χ0n) is 13.5. The number of halogens is 6. The second kappa shape index (κ2) is 11.0. The van der Waals surface area contributed by atoms with Gasteiger partial charge in [-0.15, -0.1) is 0 Å². The predicted molar refractivity (Wildman–Crippen MR) is 123 cm³/mol. The molecule has 9 heteroatoms. The molecule has 0 N–H and O–H groups in total. The van der Waals surface area contributed by atoms with Crippen molar-refractivity contribution >= 4 is 87.4 Å². The molecule has 0 aliphatic rings. The van der Waals surface area contributed by atoms with Crippen molar-refractivity contribution in [3.05, 3.63) is 90.2 Å². The molecule has 0 heterocycles. The second-order valence-corrected chi connectivity index (χ2v) is 38.1. The molecule has 0 atom stereocenters. The van der Waals surface area contributed by atoms with Crippen molar-refractivity contribution in [1.29, 1.82) is 0 Å². The Morgan fingerprint density at radius 3 is 0.926 bits per heavy atom. The van der Waals surface area contributed by atoms with Crippen LogP contribution in [0.2, 0.25) is 0 Å². The molecule has 3 aromatic rings. The predicted octanol–water partition coefficient (Wildman–Crippen LogP) is 5.64. The molecular weight excluding hydrogens is 698 g/mol. The van der Waals surface area contributed by atoms with Gasteiger partial charge in [-0.2, -0.15) is 0 Å². The van der Waals surface area contributed by atoms with Gasteiger partial charge >= 0.3 is 191 Å². The summed E-state index contributed by atoms with van der Waals surface area (Å²) < 4.78 is 39.9. The Hall–Kier alpha value is 0.398. The Morgan fingerprint density at radius 2 is 0.741 bits per heavy atom. The Morgan fingerprint density at radius 1 is 0.556 bits per heavy atom. The molecule has 0 aliphatic heterocycles. The van der Waals surface area contributed by atoms with Crippen molar-refractivity contribution in [3.63, 3.8) is 0 Å². The van der Waals surface area contributed by atoms with Crippen LogP contribution in [0.15, 0.2) is 72.8 Å². The number of hydrogen-bond acceptors (Lipinski definition) is 0. The van der Waals surface area contributed by atoms with Crippen LogP contribution in [0, 0.1) is 17.5 Å². The molecule has 142 valence electrons. The van der Waals surface area contributed by atoms with Gasteiger partial charge < -0.3 is 0 Å². The second-order valence-electron chi connectivity index (χ2n) is 5.23. The zero-order chi connectivity index (χ0) is 20.0. The molecule has 0 spiro atoms. The molecule has 0 radical (unpaired) electrons. The molecule has 0 amide bonds. The van der Waals surface area contributed by atoms with Gasteiger partial charge in [-0.1, -0.05) is 0 Å². The normalized spacial score (nSPS) is 11.1. The summed E-state index contributed by atoms with van der Waals surface area (Å²) in [6.45, 7) is 0. The third kappa shape index (κ3) is 6.71. The van der Waals surface area contributed by atoms with E-state index in [1.54, 1.807) is 36.4 Å². The quantitative estimate of drug-likeness (QED) is 0.244. The fourth-order valence-electron chi connectivity index (χ4n) is 2.40. The van der Waals surface area contributed by atoms with E-state index in [0.29, 0.717) is 0 Å². The summed E-state index contributed by atoms with van der Waals surface area (Å²) in [6.07, 6.45) is 0. The molecule has 0 saturated carbocycles. The summed E-state index contributed by atoms with van der Waals surface area (Å²) in [5.74, 6) is -0.962. The first-order valence-electron chi connectivity index (χ1n) is 7.39. The van der Waals surface area contributed by atoms with Crippen LogP contribution in [0.5, 0.6) is 0 Å². The average molecular weight is 710 g/mol. The van der Waals surface area contributed by atoms with Crippen LogP contribution >= 0.6 is 47.3 Å². The van der Waals surface area contributed by atoms with Crippen molar-refractivity contribution in [2.45, 2.75) is 0 Å². The fourth-order valence-corrected chi connectivity index (χ4v) is 7.30. The van der Waals surface area contributed by atoms with Gasteiger partial charge in [0.1, 0.15) is 0 Å². The van der Waals surface area contributed by atoms with Crippen LogP contribution in [0.25, 0.3) is 0 Å². The van der Waals surface area contributed by atoms with E-state index in [0.717, 1.165) is 15.9 Å². The molecule has 0 unspecified atom stereocenters. The van der Waals surface area contributed by atoms with Crippen molar-refractivity contribution in [2.75, 3.05) is 0 Å². The van der Waals surface area contributed by atoms with Gasteiger partial charge in [-0.3, -0.25) is 0 Å². The van der Waals surface area contributed by atoms with Crippen molar-refractivity contribution in [3.8, 4) is 0 Å².